The van der Waals surface area contributed by atoms with Crippen LogP contribution in [0.5, 0.6) is 0 Å². The highest BCUT2D eigenvalue weighted by Crippen LogP contribution is 2.42. The second kappa shape index (κ2) is 11.1. The molecule has 1 aromatic heterocycles. The number of aliphatic carboxylic acids is 1. The van der Waals surface area contributed by atoms with Crippen LogP contribution in [0.4, 0.5) is 4.79 Å². The number of hydrogen-bond acceptors (Lipinski definition) is 6. The van der Waals surface area contributed by atoms with Gasteiger partial charge in [0.05, 0.1) is 5.04 Å². The molecule has 0 bridgehead atoms. The molecule has 3 heterocycles. The maximum Gasteiger partial charge on any atom is 0.339 e. The molecule has 2 aliphatic heterocycles. The number of rotatable bonds is 7. The van der Waals surface area contributed by atoms with E-state index in [1.165, 1.54) is 0 Å². The van der Waals surface area contributed by atoms with Crippen molar-refractivity contribution in [1.82, 2.24) is 20.6 Å². The van der Waals surface area contributed by atoms with Crippen LogP contribution in [-0.2, 0) is 11.3 Å². The minimum atomic E-state index is -0.708. The standard InChI is InChI=1S/C23H33N5O3S/c29-20(30)8-5-16-3-6-18(7-4-16)21-27-28(22(32-21)19-9-12-24-13-10-19)23(31)26-15-17-2-1-11-25-14-17/h1-2,11,14,16,18-19,22,24H,3-10,12-13,15H2,(H,26,31)(H,29,30). The fourth-order valence-electron chi connectivity index (χ4n) is 4.91. The molecule has 1 aromatic rings. The molecule has 1 saturated carbocycles. The number of nitrogens with one attached hydrogen (secondary N) is 2. The van der Waals surface area contributed by atoms with Crippen molar-refractivity contribution in [2.45, 2.75) is 63.3 Å². The lowest BCUT2D eigenvalue weighted by Crippen LogP contribution is -2.45. The Balaban J connectivity index is 1.39. The number of nitrogens with zero attached hydrogens (tertiary/aromatic N) is 3. The summed E-state index contributed by atoms with van der Waals surface area (Å²) >= 11 is 1.78. The molecule has 2 fully saturated rings. The predicted molar refractivity (Wildman–Crippen MR) is 125 cm³/mol. The first kappa shape index (κ1) is 23.0. The van der Waals surface area contributed by atoms with E-state index in [1.54, 1.807) is 29.2 Å². The first-order valence-corrected chi connectivity index (χ1v) is 12.6. The molecule has 0 aromatic carbocycles. The number of carboxylic acid groups (broad SMARTS) is 1. The van der Waals surface area contributed by atoms with E-state index in [4.69, 9.17) is 10.2 Å². The Morgan fingerprint density at radius 3 is 2.66 bits per heavy atom. The van der Waals surface area contributed by atoms with Crippen LogP contribution in [0.15, 0.2) is 29.6 Å². The number of hydrazone groups is 1. The van der Waals surface area contributed by atoms with Crippen molar-refractivity contribution >= 4 is 28.8 Å². The van der Waals surface area contributed by atoms with Gasteiger partial charge >= 0.3 is 12.0 Å². The molecule has 9 heteroatoms. The van der Waals surface area contributed by atoms with Gasteiger partial charge in [0.2, 0.25) is 0 Å². The summed E-state index contributed by atoms with van der Waals surface area (Å²) in [5.41, 5.74) is 0.968. The lowest BCUT2D eigenvalue weighted by atomic mass is 9.80. The van der Waals surface area contributed by atoms with Crippen LogP contribution in [-0.4, -0.2) is 50.6 Å². The Hall–Kier alpha value is -2.13. The van der Waals surface area contributed by atoms with Crippen molar-refractivity contribution in [3.63, 3.8) is 0 Å². The minimum Gasteiger partial charge on any atom is -0.481 e. The van der Waals surface area contributed by atoms with Gasteiger partial charge in [-0.1, -0.05) is 17.8 Å². The van der Waals surface area contributed by atoms with Gasteiger partial charge < -0.3 is 15.7 Å². The van der Waals surface area contributed by atoms with Crippen molar-refractivity contribution in [3.05, 3.63) is 30.1 Å². The summed E-state index contributed by atoms with van der Waals surface area (Å²) < 4.78 is 0. The van der Waals surface area contributed by atoms with Crippen LogP contribution < -0.4 is 10.6 Å². The molecule has 1 saturated heterocycles. The number of carboxylic acids is 1. The number of carbonyl (C=O) groups excluding carboxylic acids is 1. The van der Waals surface area contributed by atoms with E-state index in [0.717, 1.165) is 68.6 Å². The molecule has 3 aliphatic rings. The van der Waals surface area contributed by atoms with Crippen molar-refractivity contribution in [1.29, 1.82) is 0 Å². The molecule has 0 radical (unpaired) electrons. The Bertz CT molecular complexity index is 807. The van der Waals surface area contributed by atoms with Gasteiger partial charge in [0, 0.05) is 31.3 Å². The molecule has 0 spiro atoms. The summed E-state index contributed by atoms with van der Waals surface area (Å²) in [6.45, 7) is 2.40. The number of pyridine rings is 1. The van der Waals surface area contributed by atoms with E-state index < -0.39 is 5.97 Å². The summed E-state index contributed by atoms with van der Waals surface area (Å²) in [4.78, 5) is 28.1. The van der Waals surface area contributed by atoms with Crippen molar-refractivity contribution in [3.8, 4) is 0 Å². The van der Waals surface area contributed by atoms with Gasteiger partial charge in [-0.2, -0.15) is 5.10 Å². The number of hydrogen-bond donors (Lipinski definition) is 3. The fraction of sp³-hybridized carbons (Fsp3) is 0.652. The topological polar surface area (TPSA) is 107 Å². The lowest BCUT2D eigenvalue weighted by molar-refractivity contribution is -0.137. The predicted octanol–water partition coefficient (Wildman–Crippen LogP) is 3.65. The monoisotopic (exact) mass is 459 g/mol. The quantitative estimate of drug-likeness (QED) is 0.575. The summed E-state index contributed by atoms with van der Waals surface area (Å²) in [6.07, 6.45) is 10.8. The van der Waals surface area contributed by atoms with Gasteiger partial charge in [-0.15, -0.1) is 0 Å². The molecular formula is C23H33N5O3S. The van der Waals surface area contributed by atoms with Gasteiger partial charge in [0.15, 0.2) is 0 Å². The molecule has 1 atom stereocenters. The third-order valence-electron chi connectivity index (χ3n) is 6.81. The summed E-state index contributed by atoms with van der Waals surface area (Å²) in [6, 6.07) is 3.68. The Labute approximate surface area is 193 Å². The van der Waals surface area contributed by atoms with Crippen LogP contribution in [0.1, 0.15) is 56.9 Å². The number of piperidine rings is 1. The van der Waals surface area contributed by atoms with Gasteiger partial charge in [-0.05, 0) is 81.5 Å². The van der Waals surface area contributed by atoms with E-state index in [2.05, 4.69) is 15.6 Å². The third kappa shape index (κ3) is 6.01. The summed E-state index contributed by atoms with van der Waals surface area (Å²) in [5.74, 6) is 0.592. The molecule has 1 unspecified atom stereocenters. The molecular weight excluding hydrogens is 426 g/mol. The molecule has 32 heavy (non-hydrogen) atoms. The smallest absolute Gasteiger partial charge is 0.339 e. The Morgan fingerprint density at radius 2 is 1.97 bits per heavy atom. The SMILES string of the molecule is O=C(O)CCC1CCC(C2=NN(C(=O)NCc3cccnc3)C(C3CCNCC3)S2)CC1. The number of carbonyl (C=O) groups is 2. The highest BCUT2D eigenvalue weighted by atomic mass is 32.2. The van der Waals surface area contributed by atoms with Crippen LogP contribution in [0.3, 0.4) is 0 Å². The van der Waals surface area contributed by atoms with Crippen molar-refractivity contribution in [2.24, 2.45) is 22.9 Å². The highest BCUT2D eigenvalue weighted by molar-refractivity contribution is 8.14. The van der Waals surface area contributed by atoms with E-state index in [9.17, 15) is 9.59 Å². The average molecular weight is 460 g/mol. The highest BCUT2D eigenvalue weighted by Gasteiger charge is 2.40. The average Bonchev–Trinajstić information content (AvgIpc) is 3.28. The molecule has 3 N–H and O–H groups in total. The second-order valence-corrected chi connectivity index (χ2v) is 10.2. The zero-order valence-electron chi connectivity index (χ0n) is 18.4. The van der Waals surface area contributed by atoms with Gasteiger partial charge in [0.25, 0.3) is 0 Å². The second-order valence-electron chi connectivity index (χ2n) is 9.05. The maximum absolute atomic E-state index is 13.1. The van der Waals surface area contributed by atoms with Crippen LogP contribution in [0.2, 0.25) is 0 Å². The molecule has 4 rings (SSSR count). The number of amides is 2. The summed E-state index contributed by atoms with van der Waals surface area (Å²) in [5, 5.41) is 23.1. The normalized spacial score (nSPS) is 26.6. The van der Waals surface area contributed by atoms with Gasteiger partial charge in [-0.3, -0.25) is 9.78 Å². The number of urea groups is 1. The van der Waals surface area contributed by atoms with E-state index >= 15 is 0 Å². The van der Waals surface area contributed by atoms with Crippen LogP contribution >= 0.6 is 11.8 Å². The minimum absolute atomic E-state index is 0.0470. The van der Waals surface area contributed by atoms with Gasteiger partial charge in [-0.25, -0.2) is 9.80 Å². The Kier molecular flexibility index (Phi) is 8.02. The van der Waals surface area contributed by atoms with Gasteiger partial charge in [0.1, 0.15) is 5.37 Å². The maximum atomic E-state index is 13.1. The van der Waals surface area contributed by atoms with Crippen molar-refractivity contribution < 1.29 is 14.7 Å². The summed E-state index contributed by atoms with van der Waals surface area (Å²) in [7, 11) is 0. The Morgan fingerprint density at radius 1 is 1.19 bits per heavy atom. The first-order chi connectivity index (χ1) is 15.6. The number of thioether (sulfide) groups is 1. The lowest BCUT2D eigenvalue weighted by Gasteiger charge is -2.32. The number of aromatic nitrogens is 1. The molecule has 174 valence electrons. The first-order valence-electron chi connectivity index (χ1n) is 11.7. The van der Waals surface area contributed by atoms with E-state index in [1.807, 2.05) is 12.1 Å². The molecule has 1 aliphatic carbocycles. The van der Waals surface area contributed by atoms with Crippen molar-refractivity contribution in [2.75, 3.05) is 13.1 Å². The molecule has 2 amide bonds. The zero-order valence-corrected chi connectivity index (χ0v) is 19.2. The largest absolute Gasteiger partial charge is 0.481 e. The van der Waals surface area contributed by atoms with E-state index in [-0.39, 0.29) is 17.8 Å². The van der Waals surface area contributed by atoms with Crippen LogP contribution in [0.25, 0.3) is 0 Å². The zero-order chi connectivity index (χ0) is 22.3. The van der Waals surface area contributed by atoms with Crippen LogP contribution in [0, 0.1) is 17.8 Å². The van der Waals surface area contributed by atoms with E-state index in [0.29, 0.717) is 24.3 Å². The molecule has 8 nitrogen and oxygen atoms in total. The fourth-order valence-corrected chi connectivity index (χ4v) is 6.43. The third-order valence-corrected chi connectivity index (χ3v) is 8.30.